The Labute approximate surface area is 158 Å². The molecule has 8 heteroatoms. The minimum Gasteiger partial charge on any atom is -0.348 e. The van der Waals surface area contributed by atoms with Gasteiger partial charge in [-0.1, -0.05) is 0 Å². The van der Waals surface area contributed by atoms with Crippen LogP contribution in [0.5, 0.6) is 0 Å². The van der Waals surface area contributed by atoms with Crippen LogP contribution in [-0.4, -0.2) is 33.5 Å². The lowest BCUT2D eigenvalue weighted by molar-refractivity contribution is 0.0930. The highest BCUT2D eigenvalue weighted by Crippen LogP contribution is 2.19. The van der Waals surface area contributed by atoms with E-state index in [1.807, 2.05) is 0 Å². The largest absolute Gasteiger partial charge is 0.348 e. The van der Waals surface area contributed by atoms with Gasteiger partial charge in [0.15, 0.2) is 0 Å². The molecule has 0 aromatic heterocycles. The van der Waals surface area contributed by atoms with Crippen molar-refractivity contribution >= 4 is 21.6 Å². The predicted octanol–water partition coefficient (Wildman–Crippen LogP) is 2.42. The number of aryl methyl sites for hydroxylation is 1. The summed E-state index contributed by atoms with van der Waals surface area (Å²) in [6.07, 6.45) is 1.96. The fourth-order valence-electron chi connectivity index (χ4n) is 2.93. The Balaban J connectivity index is 1.67. The van der Waals surface area contributed by atoms with Gasteiger partial charge in [0.2, 0.25) is 0 Å². The second kappa shape index (κ2) is 8.06. The topological polar surface area (TPSA) is 87.3 Å². The quantitative estimate of drug-likeness (QED) is 0.731. The lowest BCUT2D eigenvalue weighted by Gasteiger charge is -2.23. The normalized spacial score (nSPS) is 17.3. The van der Waals surface area contributed by atoms with Crippen molar-refractivity contribution in [1.29, 1.82) is 0 Å². The molecule has 0 spiro atoms. The van der Waals surface area contributed by atoms with Gasteiger partial charge in [-0.15, -0.1) is 0 Å². The number of halogens is 1. The number of anilines is 1. The zero-order valence-corrected chi connectivity index (χ0v) is 15.8. The van der Waals surface area contributed by atoms with E-state index in [9.17, 15) is 17.6 Å². The summed E-state index contributed by atoms with van der Waals surface area (Å²) in [4.78, 5) is 12.3. The molecule has 0 radical (unpaired) electrons. The Hall–Kier alpha value is -2.45. The highest BCUT2D eigenvalue weighted by molar-refractivity contribution is 7.92. The molecule has 1 atom stereocenters. The smallest absolute Gasteiger partial charge is 0.261 e. The van der Waals surface area contributed by atoms with Crippen molar-refractivity contribution in [3.05, 3.63) is 59.4 Å². The van der Waals surface area contributed by atoms with E-state index in [1.165, 1.54) is 31.2 Å². The van der Waals surface area contributed by atoms with Gasteiger partial charge in [0.05, 0.1) is 4.90 Å². The van der Waals surface area contributed by atoms with Crippen molar-refractivity contribution in [3.63, 3.8) is 0 Å². The average Bonchev–Trinajstić information content (AvgIpc) is 2.65. The molecule has 0 aliphatic carbocycles. The molecular formula is C19H22FN3O3S. The number of rotatable bonds is 5. The first-order valence-corrected chi connectivity index (χ1v) is 10.2. The molecule has 1 aliphatic heterocycles. The Bertz CT molecular complexity index is 924. The molecule has 1 unspecified atom stereocenters. The molecule has 27 heavy (non-hydrogen) atoms. The van der Waals surface area contributed by atoms with Crippen LogP contribution in [0.15, 0.2) is 47.4 Å². The number of sulfonamides is 1. The molecule has 1 amide bonds. The van der Waals surface area contributed by atoms with Gasteiger partial charge in [-0.3, -0.25) is 9.52 Å². The number of carbonyl (C=O) groups excluding carboxylic acids is 1. The molecule has 144 valence electrons. The summed E-state index contributed by atoms with van der Waals surface area (Å²) in [7, 11) is -3.83. The summed E-state index contributed by atoms with van der Waals surface area (Å²) in [5, 5.41) is 6.20. The maximum Gasteiger partial charge on any atom is 0.261 e. The van der Waals surface area contributed by atoms with Gasteiger partial charge in [0.25, 0.3) is 15.9 Å². The Morgan fingerprint density at radius 2 is 1.93 bits per heavy atom. The molecule has 1 aliphatic rings. The second-order valence-electron chi connectivity index (χ2n) is 6.61. The Kier molecular flexibility index (Phi) is 5.76. The van der Waals surface area contributed by atoms with E-state index in [4.69, 9.17) is 0 Å². The molecule has 3 N–H and O–H groups in total. The molecule has 1 saturated heterocycles. The number of piperidine rings is 1. The molecule has 0 saturated carbocycles. The third-order valence-corrected chi connectivity index (χ3v) is 5.85. The van der Waals surface area contributed by atoms with Crippen molar-refractivity contribution in [2.45, 2.75) is 30.7 Å². The minimum absolute atomic E-state index is 0.0204. The molecule has 2 aromatic rings. The van der Waals surface area contributed by atoms with Crippen LogP contribution in [0.25, 0.3) is 0 Å². The van der Waals surface area contributed by atoms with Gasteiger partial charge in [0.1, 0.15) is 5.82 Å². The third kappa shape index (κ3) is 4.84. The number of hydrogen-bond donors (Lipinski definition) is 3. The average molecular weight is 391 g/mol. The fourth-order valence-corrected chi connectivity index (χ4v) is 4.08. The van der Waals surface area contributed by atoms with Gasteiger partial charge in [0, 0.05) is 23.8 Å². The number of nitrogens with one attached hydrogen (secondary N) is 3. The Morgan fingerprint density at radius 1 is 1.19 bits per heavy atom. The molecule has 3 rings (SSSR count). The molecule has 1 fully saturated rings. The number of amides is 1. The third-order valence-electron chi connectivity index (χ3n) is 4.47. The lowest BCUT2D eigenvalue weighted by atomic mass is 10.1. The van der Waals surface area contributed by atoms with Crippen molar-refractivity contribution < 1.29 is 17.6 Å². The van der Waals surface area contributed by atoms with E-state index in [2.05, 4.69) is 15.4 Å². The van der Waals surface area contributed by atoms with Crippen LogP contribution >= 0.6 is 0 Å². The van der Waals surface area contributed by atoms with Crippen LogP contribution in [0.1, 0.15) is 28.8 Å². The van der Waals surface area contributed by atoms with Crippen molar-refractivity contribution in [2.75, 3.05) is 17.8 Å². The molecule has 2 aromatic carbocycles. The monoisotopic (exact) mass is 391 g/mol. The minimum atomic E-state index is -3.83. The highest BCUT2D eigenvalue weighted by atomic mass is 32.2. The van der Waals surface area contributed by atoms with E-state index in [-0.39, 0.29) is 22.4 Å². The van der Waals surface area contributed by atoms with E-state index >= 15 is 0 Å². The van der Waals surface area contributed by atoms with Crippen LogP contribution in [0.4, 0.5) is 10.1 Å². The summed E-state index contributed by atoms with van der Waals surface area (Å²) in [5.41, 5.74) is 1.04. The van der Waals surface area contributed by atoms with Crippen LogP contribution < -0.4 is 15.4 Å². The van der Waals surface area contributed by atoms with Crippen molar-refractivity contribution in [1.82, 2.24) is 10.6 Å². The summed E-state index contributed by atoms with van der Waals surface area (Å²) < 4.78 is 40.6. The summed E-state index contributed by atoms with van der Waals surface area (Å²) in [5.74, 6) is -0.648. The molecule has 6 nitrogen and oxygen atoms in total. The van der Waals surface area contributed by atoms with Crippen LogP contribution in [-0.2, 0) is 10.0 Å². The van der Waals surface area contributed by atoms with Gasteiger partial charge in [-0.2, -0.15) is 0 Å². The van der Waals surface area contributed by atoms with Crippen LogP contribution in [0.2, 0.25) is 0 Å². The first-order valence-electron chi connectivity index (χ1n) is 8.76. The van der Waals surface area contributed by atoms with Gasteiger partial charge >= 0.3 is 0 Å². The van der Waals surface area contributed by atoms with E-state index in [1.54, 1.807) is 12.1 Å². The maximum absolute atomic E-state index is 13.3. The first kappa shape index (κ1) is 19.3. The molecule has 1 heterocycles. The van der Waals surface area contributed by atoms with Crippen molar-refractivity contribution in [3.8, 4) is 0 Å². The maximum atomic E-state index is 13.3. The van der Waals surface area contributed by atoms with Crippen molar-refractivity contribution in [2.24, 2.45) is 0 Å². The SMILES string of the molecule is Cc1cc(S(=O)(=O)Nc2ccc(C(=O)NC3CCCNC3)cc2)ccc1F. The van der Waals surface area contributed by atoms with E-state index in [0.29, 0.717) is 11.3 Å². The van der Waals surface area contributed by atoms with Gasteiger partial charge in [-0.05, 0) is 74.3 Å². The van der Waals surface area contributed by atoms with E-state index < -0.39 is 15.8 Å². The van der Waals surface area contributed by atoms with Gasteiger partial charge < -0.3 is 10.6 Å². The standard InChI is InChI=1S/C19H22FN3O3S/c1-13-11-17(8-9-18(13)20)27(25,26)23-15-6-4-14(5-7-15)19(24)22-16-3-2-10-21-12-16/h4-9,11,16,21,23H,2-3,10,12H2,1H3,(H,22,24). The molecular weight excluding hydrogens is 369 g/mol. The molecule has 0 bridgehead atoms. The zero-order chi connectivity index (χ0) is 19.4. The fraction of sp³-hybridized carbons (Fsp3) is 0.316. The second-order valence-corrected chi connectivity index (χ2v) is 8.29. The predicted molar refractivity (Wildman–Crippen MR) is 102 cm³/mol. The number of hydrogen-bond acceptors (Lipinski definition) is 4. The van der Waals surface area contributed by atoms with Crippen LogP contribution in [0.3, 0.4) is 0 Å². The Morgan fingerprint density at radius 3 is 2.56 bits per heavy atom. The summed E-state index contributed by atoms with van der Waals surface area (Å²) >= 11 is 0. The van der Waals surface area contributed by atoms with Crippen LogP contribution in [0, 0.1) is 12.7 Å². The first-order chi connectivity index (χ1) is 12.8. The number of carbonyl (C=O) groups is 1. The highest BCUT2D eigenvalue weighted by Gasteiger charge is 2.18. The number of benzene rings is 2. The summed E-state index contributed by atoms with van der Waals surface area (Å²) in [6.45, 7) is 3.22. The zero-order valence-electron chi connectivity index (χ0n) is 15.0. The van der Waals surface area contributed by atoms with Gasteiger partial charge in [-0.25, -0.2) is 12.8 Å². The summed E-state index contributed by atoms with van der Waals surface area (Å²) in [6, 6.07) is 9.91. The van der Waals surface area contributed by atoms with E-state index in [0.717, 1.165) is 32.0 Å². The lowest BCUT2D eigenvalue weighted by Crippen LogP contribution is -2.45.